The van der Waals surface area contributed by atoms with Crippen LogP contribution < -0.4 is 0 Å². The Balaban J connectivity index is 0.00000676. The van der Waals surface area contributed by atoms with Gasteiger partial charge in [-0.3, -0.25) is 0 Å². The number of halogens is 1. The SMILES string of the molecule is Br.CCCCCCCCCCCCCCC(O)CC1(N(C)C)CCCCC1. The molecule has 0 aromatic carbocycles. The number of rotatable bonds is 16. The fourth-order valence-corrected chi connectivity index (χ4v) is 4.81. The summed E-state index contributed by atoms with van der Waals surface area (Å²) in [7, 11) is 4.42. The van der Waals surface area contributed by atoms with Gasteiger partial charge in [-0.15, -0.1) is 17.0 Å². The molecule has 1 aliphatic carbocycles. The van der Waals surface area contributed by atoms with Crippen molar-refractivity contribution in [1.82, 2.24) is 4.90 Å². The lowest BCUT2D eigenvalue weighted by Crippen LogP contribution is -2.48. The van der Waals surface area contributed by atoms with Gasteiger partial charge in [0.15, 0.2) is 0 Å². The van der Waals surface area contributed by atoms with Crippen molar-refractivity contribution in [3.05, 3.63) is 0 Å². The van der Waals surface area contributed by atoms with Gasteiger partial charge in [0.25, 0.3) is 0 Å². The zero-order chi connectivity index (χ0) is 19.1. The summed E-state index contributed by atoms with van der Waals surface area (Å²) in [5, 5.41) is 10.6. The third-order valence-electron chi connectivity index (χ3n) is 6.74. The van der Waals surface area contributed by atoms with Gasteiger partial charge in [-0.2, -0.15) is 0 Å². The van der Waals surface area contributed by atoms with E-state index in [2.05, 4.69) is 25.9 Å². The molecule has 1 unspecified atom stereocenters. The summed E-state index contributed by atoms with van der Waals surface area (Å²) in [6.45, 7) is 2.29. The maximum absolute atomic E-state index is 10.6. The van der Waals surface area contributed by atoms with Crippen molar-refractivity contribution in [1.29, 1.82) is 0 Å². The minimum Gasteiger partial charge on any atom is -0.393 e. The Bertz CT molecular complexity index is 316. The van der Waals surface area contributed by atoms with Gasteiger partial charge in [0, 0.05) is 5.54 Å². The molecule has 1 aliphatic rings. The van der Waals surface area contributed by atoms with Crippen molar-refractivity contribution in [2.75, 3.05) is 14.1 Å². The molecule has 0 saturated heterocycles. The van der Waals surface area contributed by atoms with E-state index < -0.39 is 0 Å². The number of nitrogens with zero attached hydrogens (tertiary/aromatic N) is 1. The zero-order valence-electron chi connectivity index (χ0n) is 18.8. The first-order valence-corrected chi connectivity index (χ1v) is 12.0. The highest BCUT2D eigenvalue weighted by molar-refractivity contribution is 8.93. The predicted octanol–water partition coefficient (Wildman–Crippen LogP) is 7.67. The van der Waals surface area contributed by atoms with Gasteiger partial charge in [0.2, 0.25) is 0 Å². The highest BCUT2D eigenvalue weighted by Gasteiger charge is 2.35. The van der Waals surface area contributed by atoms with Crippen molar-refractivity contribution in [2.24, 2.45) is 0 Å². The molecule has 0 aromatic rings. The number of unbranched alkanes of at least 4 members (excludes halogenated alkanes) is 11. The molecule has 164 valence electrons. The van der Waals surface area contributed by atoms with Crippen molar-refractivity contribution < 1.29 is 5.11 Å². The molecule has 0 bridgehead atoms. The molecule has 0 spiro atoms. The number of aliphatic hydroxyl groups is 1. The average molecular weight is 449 g/mol. The second kappa shape index (κ2) is 17.3. The maximum Gasteiger partial charge on any atom is 0.0557 e. The van der Waals surface area contributed by atoms with Gasteiger partial charge in [-0.25, -0.2) is 0 Å². The van der Waals surface area contributed by atoms with Gasteiger partial charge in [-0.05, 0) is 39.8 Å². The molecular weight excluding hydrogens is 398 g/mol. The highest BCUT2D eigenvalue weighted by atomic mass is 79.9. The van der Waals surface area contributed by atoms with Gasteiger partial charge < -0.3 is 10.0 Å². The Kier molecular flexibility index (Phi) is 17.5. The van der Waals surface area contributed by atoms with Crippen molar-refractivity contribution in [3.8, 4) is 0 Å². The van der Waals surface area contributed by atoms with Crippen LogP contribution in [0, 0.1) is 0 Å². The first-order chi connectivity index (χ1) is 12.6. The molecule has 0 aliphatic heterocycles. The fourth-order valence-electron chi connectivity index (χ4n) is 4.81. The van der Waals surface area contributed by atoms with Crippen LogP contribution in [-0.2, 0) is 0 Å². The molecule has 1 saturated carbocycles. The van der Waals surface area contributed by atoms with E-state index in [1.807, 2.05) is 0 Å². The van der Waals surface area contributed by atoms with E-state index in [1.54, 1.807) is 0 Å². The van der Waals surface area contributed by atoms with E-state index in [-0.39, 0.29) is 28.6 Å². The molecule has 1 N–H and O–H groups in total. The molecule has 1 atom stereocenters. The van der Waals surface area contributed by atoms with E-state index >= 15 is 0 Å². The Hall–Kier alpha value is 0.400. The zero-order valence-corrected chi connectivity index (χ0v) is 20.5. The fraction of sp³-hybridized carbons (Fsp3) is 1.00. The van der Waals surface area contributed by atoms with Crippen molar-refractivity contribution in [2.45, 2.75) is 141 Å². The summed E-state index contributed by atoms with van der Waals surface area (Å²) in [6, 6.07) is 0. The lowest BCUT2D eigenvalue weighted by atomic mass is 9.76. The quantitative estimate of drug-likeness (QED) is 0.245. The topological polar surface area (TPSA) is 23.5 Å². The summed E-state index contributed by atoms with van der Waals surface area (Å²) in [4.78, 5) is 2.40. The monoisotopic (exact) mass is 447 g/mol. The second-order valence-electron chi connectivity index (χ2n) is 9.22. The van der Waals surface area contributed by atoms with Crippen molar-refractivity contribution >= 4 is 17.0 Å². The van der Waals surface area contributed by atoms with E-state index in [0.717, 1.165) is 12.8 Å². The lowest BCUT2D eigenvalue weighted by molar-refractivity contribution is 0.0290. The second-order valence-corrected chi connectivity index (χ2v) is 9.22. The lowest BCUT2D eigenvalue weighted by Gasteiger charge is -2.44. The number of hydrogen-bond donors (Lipinski definition) is 1. The predicted molar refractivity (Wildman–Crippen MR) is 126 cm³/mol. The smallest absolute Gasteiger partial charge is 0.0557 e. The number of hydrogen-bond acceptors (Lipinski definition) is 2. The molecule has 2 nitrogen and oxygen atoms in total. The Morgan fingerprint density at radius 3 is 1.63 bits per heavy atom. The molecule has 0 amide bonds. The summed E-state index contributed by atoms with van der Waals surface area (Å²) in [5.74, 6) is 0. The Morgan fingerprint density at radius 2 is 1.19 bits per heavy atom. The summed E-state index contributed by atoms with van der Waals surface area (Å²) in [5.41, 5.74) is 0.273. The van der Waals surface area contributed by atoms with Crippen LogP contribution in [0.25, 0.3) is 0 Å². The number of aliphatic hydroxyl groups excluding tert-OH is 1. The van der Waals surface area contributed by atoms with E-state index in [4.69, 9.17) is 0 Å². The molecule has 1 fully saturated rings. The van der Waals surface area contributed by atoms with Crippen LogP contribution in [0.15, 0.2) is 0 Å². The molecule has 0 aromatic heterocycles. The summed E-state index contributed by atoms with van der Waals surface area (Å²) in [6.07, 6.45) is 25.2. The first kappa shape index (κ1) is 27.4. The van der Waals surface area contributed by atoms with Crippen LogP contribution >= 0.6 is 17.0 Å². The van der Waals surface area contributed by atoms with Crippen molar-refractivity contribution in [3.63, 3.8) is 0 Å². The first-order valence-electron chi connectivity index (χ1n) is 12.0. The maximum atomic E-state index is 10.6. The summed E-state index contributed by atoms with van der Waals surface area (Å²) < 4.78 is 0. The normalized spacial score (nSPS) is 17.7. The Morgan fingerprint density at radius 1 is 0.741 bits per heavy atom. The standard InChI is InChI=1S/C24H49NO.BrH/c1-4-5-6-7-8-9-10-11-12-13-14-16-19-23(26)22-24(25(2)3)20-17-15-18-21-24;/h23,26H,4-22H2,1-3H3;1H. The van der Waals surface area contributed by atoms with Gasteiger partial charge in [0.05, 0.1) is 6.10 Å². The Labute approximate surface area is 181 Å². The van der Waals surface area contributed by atoms with E-state index in [1.165, 1.54) is 109 Å². The molecule has 3 heteroatoms. The third kappa shape index (κ3) is 12.5. The molecule has 1 rings (SSSR count). The van der Waals surface area contributed by atoms with Gasteiger partial charge >= 0.3 is 0 Å². The van der Waals surface area contributed by atoms with Crippen LogP contribution in [-0.4, -0.2) is 35.7 Å². The largest absolute Gasteiger partial charge is 0.393 e. The summed E-state index contributed by atoms with van der Waals surface area (Å²) >= 11 is 0. The third-order valence-corrected chi connectivity index (χ3v) is 6.74. The molecule has 0 heterocycles. The van der Waals surface area contributed by atoms with Crippen LogP contribution in [0.4, 0.5) is 0 Å². The van der Waals surface area contributed by atoms with Gasteiger partial charge in [0.1, 0.15) is 0 Å². The molecular formula is C24H50BrNO. The van der Waals surface area contributed by atoms with E-state index in [0.29, 0.717) is 0 Å². The molecule has 27 heavy (non-hydrogen) atoms. The minimum absolute atomic E-state index is 0. The van der Waals surface area contributed by atoms with Crippen LogP contribution in [0.5, 0.6) is 0 Å². The van der Waals surface area contributed by atoms with E-state index in [9.17, 15) is 5.11 Å². The minimum atomic E-state index is -0.0985. The van der Waals surface area contributed by atoms with Crippen LogP contribution in [0.3, 0.4) is 0 Å². The van der Waals surface area contributed by atoms with Crippen LogP contribution in [0.1, 0.15) is 129 Å². The van der Waals surface area contributed by atoms with Gasteiger partial charge in [-0.1, -0.05) is 103 Å². The highest BCUT2D eigenvalue weighted by Crippen LogP contribution is 2.36. The average Bonchev–Trinajstić information content (AvgIpc) is 2.63. The van der Waals surface area contributed by atoms with Crippen LogP contribution in [0.2, 0.25) is 0 Å². The molecule has 0 radical (unpaired) electrons.